The van der Waals surface area contributed by atoms with Crippen LogP contribution < -0.4 is 5.73 Å². The van der Waals surface area contributed by atoms with Gasteiger partial charge < -0.3 is 5.73 Å². The van der Waals surface area contributed by atoms with Gasteiger partial charge in [-0.1, -0.05) is 19.3 Å². The third-order valence-corrected chi connectivity index (χ3v) is 6.21. The van der Waals surface area contributed by atoms with Crippen LogP contribution in [0.4, 0.5) is 0 Å². The highest BCUT2D eigenvalue weighted by molar-refractivity contribution is 9.10. The smallest absolute Gasteiger partial charge is 0.0349 e. The Morgan fingerprint density at radius 1 is 1.40 bits per heavy atom. The SMILES string of the molecule is Cc1csc(C2(CN)CCCCC2)c1Br. The van der Waals surface area contributed by atoms with Gasteiger partial charge in [-0.2, -0.15) is 0 Å². The molecule has 1 nitrogen and oxygen atoms in total. The Labute approximate surface area is 104 Å². The summed E-state index contributed by atoms with van der Waals surface area (Å²) < 4.78 is 1.31. The lowest BCUT2D eigenvalue weighted by molar-refractivity contribution is 0.305. The molecule has 0 unspecified atom stereocenters. The van der Waals surface area contributed by atoms with Crippen LogP contribution in [0.15, 0.2) is 9.85 Å². The molecule has 1 aromatic heterocycles. The molecule has 3 heteroatoms. The van der Waals surface area contributed by atoms with Crippen LogP contribution in [0.3, 0.4) is 0 Å². The summed E-state index contributed by atoms with van der Waals surface area (Å²) in [4.78, 5) is 1.49. The van der Waals surface area contributed by atoms with Gasteiger partial charge in [0.2, 0.25) is 0 Å². The summed E-state index contributed by atoms with van der Waals surface area (Å²) >= 11 is 5.60. The Morgan fingerprint density at radius 3 is 2.53 bits per heavy atom. The topological polar surface area (TPSA) is 26.0 Å². The van der Waals surface area contributed by atoms with E-state index in [1.165, 1.54) is 47.0 Å². The van der Waals surface area contributed by atoms with Crippen molar-refractivity contribution in [2.24, 2.45) is 5.73 Å². The van der Waals surface area contributed by atoms with Crippen LogP contribution in [0.5, 0.6) is 0 Å². The van der Waals surface area contributed by atoms with E-state index in [0.29, 0.717) is 0 Å². The average Bonchev–Trinajstić information content (AvgIpc) is 2.61. The van der Waals surface area contributed by atoms with Gasteiger partial charge in [-0.3, -0.25) is 0 Å². The molecule has 1 aliphatic rings. The molecule has 0 amide bonds. The Bertz CT molecular complexity index is 339. The Balaban J connectivity index is 2.36. The summed E-state index contributed by atoms with van der Waals surface area (Å²) in [7, 11) is 0. The van der Waals surface area contributed by atoms with Gasteiger partial charge in [-0.25, -0.2) is 0 Å². The van der Waals surface area contributed by atoms with E-state index < -0.39 is 0 Å². The zero-order chi connectivity index (χ0) is 10.9. The first-order valence-electron chi connectivity index (χ1n) is 5.64. The summed E-state index contributed by atoms with van der Waals surface area (Å²) in [5.41, 5.74) is 7.66. The first-order chi connectivity index (χ1) is 7.19. The Morgan fingerprint density at radius 2 is 2.07 bits per heavy atom. The van der Waals surface area contributed by atoms with Gasteiger partial charge in [-0.15, -0.1) is 11.3 Å². The fourth-order valence-corrected chi connectivity index (χ4v) is 4.72. The van der Waals surface area contributed by atoms with E-state index in [0.717, 1.165) is 6.54 Å². The predicted molar refractivity (Wildman–Crippen MR) is 70.6 cm³/mol. The minimum atomic E-state index is 0.274. The van der Waals surface area contributed by atoms with Gasteiger partial charge in [0.05, 0.1) is 0 Å². The van der Waals surface area contributed by atoms with Crippen LogP contribution in [0.2, 0.25) is 0 Å². The molecule has 0 saturated heterocycles. The Hall–Kier alpha value is 0.140. The molecule has 0 bridgehead atoms. The highest BCUT2D eigenvalue weighted by Crippen LogP contribution is 2.45. The highest BCUT2D eigenvalue weighted by Gasteiger charge is 2.35. The number of thiophene rings is 1. The molecule has 0 atom stereocenters. The molecule has 84 valence electrons. The molecule has 2 N–H and O–H groups in total. The van der Waals surface area contributed by atoms with E-state index in [2.05, 4.69) is 28.2 Å². The zero-order valence-corrected chi connectivity index (χ0v) is 11.6. The fraction of sp³-hybridized carbons (Fsp3) is 0.667. The summed E-state index contributed by atoms with van der Waals surface area (Å²) in [6, 6.07) is 0. The summed E-state index contributed by atoms with van der Waals surface area (Å²) in [5, 5.41) is 2.24. The first-order valence-corrected chi connectivity index (χ1v) is 7.31. The van der Waals surface area contributed by atoms with Gasteiger partial charge in [-0.05, 0) is 46.6 Å². The van der Waals surface area contributed by atoms with Crippen LogP contribution in [0.25, 0.3) is 0 Å². The number of rotatable bonds is 2. The number of aryl methyl sites for hydroxylation is 1. The van der Waals surface area contributed by atoms with E-state index >= 15 is 0 Å². The molecule has 1 aromatic rings. The lowest BCUT2D eigenvalue weighted by Crippen LogP contribution is -2.36. The largest absolute Gasteiger partial charge is 0.330 e. The molecule has 0 radical (unpaired) electrons. The molecule has 0 spiro atoms. The molecule has 1 heterocycles. The van der Waals surface area contributed by atoms with Crippen molar-refractivity contribution < 1.29 is 0 Å². The van der Waals surface area contributed by atoms with E-state index in [-0.39, 0.29) is 5.41 Å². The number of halogens is 1. The molecule has 0 aromatic carbocycles. The third kappa shape index (κ3) is 2.02. The van der Waals surface area contributed by atoms with Gasteiger partial charge in [0, 0.05) is 21.3 Å². The van der Waals surface area contributed by atoms with Gasteiger partial charge in [0.1, 0.15) is 0 Å². The van der Waals surface area contributed by atoms with Crippen molar-refractivity contribution in [3.63, 3.8) is 0 Å². The summed E-state index contributed by atoms with van der Waals surface area (Å²) in [6.45, 7) is 2.96. The van der Waals surface area contributed by atoms with Crippen LogP contribution in [-0.4, -0.2) is 6.54 Å². The van der Waals surface area contributed by atoms with Crippen LogP contribution >= 0.6 is 27.3 Å². The van der Waals surface area contributed by atoms with Crippen molar-refractivity contribution in [3.8, 4) is 0 Å². The van der Waals surface area contributed by atoms with Crippen molar-refractivity contribution in [1.29, 1.82) is 0 Å². The van der Waals surface area contributed by atoms with Crippen molar-refractivity contribution in [2.45, 2.75) is 44.4 Å². The maximum Gasteiger partial charge on any atom is 0.0349 e. The van der Waals surface area contributed by atoms with Crippen LogP contribution in [-0.2, 0) is 5.41 Å². The molecule has 1 fully saturated rings. The van der Waals surface area contributed by atoms with Gasteiger partial charge >= 0.3 is 0 Å². The Kier molecular flexibility index (Phi) is 3.53. The minimum absolute atomic E-state index is 0.274. The van der Waals surface area contributed by atoms with E-state index in [1.54, 1.807) is 0 Å². The first kappa shape index (κ1) is 11.6. The van der Waals surface area contributed by atoms with Gasteiger partial charge in [0.15, 0.2) is 0 Å². The van der Waals surface area contributed by atoms with E-state index in [4.69, 9.17) is 5.73 Å². The molecule has 1 aliphatic carbocycles. The fourth-order valence-electron chi connectivity index (χ4n) is 2.54. The van der Waals surface area contributed by atoms with Crippen molar-refractivity contribution in [1.82, 2.24) is 0 Å². The lowest BCUT2D eigenvalue weighted by Gasteiger charge is -2.36. The van der Waals surface area contributed by atoms with Crippen molar-refractivity contribution in [3.05, 3.63) is 20.3 Å². The number of nitrogens with two attached hydrogens (primary N) is 1. The highest BCUT2D eigenvalue weighted by atomic mass is 79.9. The minimum Gasteiger partial charge on any atom is -0.330 e. The third-order valence-electron chi connectivity index (χ3n) is 3.58. The van der Waals surface area contributed by atoms with E-state index in [9.17, 15) is 0 Å². The normalized spacial score (nSPS) is 20.5. The van der Waals surface area contributed by atoms with Crippen LogP contribution in [0.1, 0.15) is 42.5 Å². The van der Waals surface area contributed by atoms with Crippen LogP contribution in [0, 0.1) is 6.92 Å². The van der Waals surface area contributed by atoms with E-state index in [1.807, 2.05) is 11.3 Å². The average molecular weight is 288 g/mol. The molecule has 0 aliphatic heterocycles. The maximum atomic E-state index is 6.03. The van der Waals surface area contributed by atoms with Crippen molar-refractivity contribution >= 4 is 27.3 Å². The molecule has 15 heavy (non-hydrogen) atoms. The summed E-state index contributed by atoms with van der Waals surface area (Å²) in [5.74, 6) is 0. The number of hydrogen-bond donors (Lipinski definition) is 1. The molecule has 1 saturated carbocycles. The quantitative estimate of drug-likeness (QED) is 0.875. The second kappa shape index (κ2) is 4.56. The monoisotopic (exact) mass is 287 g/mol. The van der Waals surface area contributed by atoms with Crippen molar-refractivity contribution in [2.75, 3.05) is 6.54 Å². The molecule has 2 rings (SSSR count). The molecular weight excluding hydrogens is 270 g/mol. The second-order valence-electron chi connectivity index (χ2n) is 4.61. The predicted octanol–water partition coefficient (Wildman–Crippen LogP) is 3.98. The summed E-state index contributed by atoms with van der Waals surface area (Å²) in [6.07, 6.45) is 6.58. The maximum absolute atomic E-state index is 6.03. The molecular formula is C12H18BrNS. The second-order valence-corrected chi connectivity index (χ2v) is 6.28. The number of hydrogen-bond acceptors (Lipinski definition) is 2. The lowest BCUT2D eigenvalue weighted by atomic mass is 9.73. The zero-order valence-electron chi connectivity index (χ0n) is 9.18. The van der Waals surface area contributed by atoms with Gasteiger partial charge in [0.25, 0.3) is 0 Å². The standard InChI is InChI=1S/C12H18BrNS/c1-9-7-15-11(10(9)13)12(8-14)5-3-2-4-6-12/h7H,2-6,8,14H2,1H3.